The van der Waals surface area contributed by atoms with Crippen molar-refractivity contribution in [3.8, 4) is 5.75 Å². The summed E-state index contributed by atoms with van der Waals surface area (Å²) in [6.07, 6.45) is 1.82. The topological polar surface area (TPSA) is 30.8 Å². The molecule has 0 radical (unpaired) electrons. The van der Waals surface area contributed by atoms with Gasteiger partial charge in [0.05, 0.1) is 6.61 Å². The van der Waals surface area contributed by atoms with Crippen molar-refractivity contribution in [1.82, 2.24) is 0 Å². The van der Waals surface area contributed by atoms with Crippen molar-refractivity contribution in [3.05, 3.63) is 29.8 Å². The minimum Gasteiger partial charge on any atom is -0.491 e. The number of hydrogen-bond donors (Lipinski definition) is 0. The third-order valence-electron chi connectivity index (χ3n) is 3.76. The highest BCUT2D eigenvalue weighted by Gasteiger charge is 2.36. The molecule has 0 unspecified atom stereocenters. The summed E-state index contributed by atoms with van der Waals surface area (Å²) in [6.45, 7) is 12.5. The van der Waals surface area contributed by atoms with Crippen molar-refractivity contribution in [2.75, 3.05) is 20.3 Å². The molecule has 1 aromatic rings. The van der Waals surface area contributed by atoms with Gasteiger partial charge >= 0.3 is 0 Å². The summed E-state index contributed by atoms with van der Waals surface area (Å²) in [5.74, 6) is 0.862. The van der Waals surface area contributed by atoms with Gasteiger partial charge in [-0.15, -0.1) is 0 Å². The molecule has 0 aliphatic carbocycles. The molecule has 0 saturated heterocycles. The van der Waals surface area contributed by atoms with Crippen molar-refractivity contribution < 1.29 is 9.16 Å². The number of rotatable bonds is 6. The summed E-state index contributed by atoms with van der Waals surface area (Å²) in [7, 11) is 0.0966. The maximum Gasteiger partial charge on any atom is 0.192 e. The minimum absolute atomic E-state index is 0.241. The summed E-state index contributed by atoms with van der Waals surface area (Å²) in [6, 6.07) is 7.92. The largest absolute Gasteiger partial charge is 0.491 e. The van der Waals surface area contributed by atoms with Gasteiger partial charge in [-0.2, -0.15) is 0 Å². The average Bonchev–Trinajstić information content (AvgIpc) is 2.34. The minimum atomic E-state index is -1.67. The quantitative estimate of drug-likeness (QED) is 0.448. The number of nitrogens with zero attached hydrogens (tertiary/aromatic N) is 1. The Balaban J connectivity index is 2.44. The fourth-order valence-electron chi connectivity index (χ4n) is 1.51. The van der Waals surface area contributed by atoms with E-state index in [9.17, 15) is 0 Å². The van der Waals surface area contributed by atoms with Crippen LogP contribution in [0.5, 0.6) is 5.75 Å². The van der Waals surface area contributed by atoms with Crippen molar-refractivity contribution in [3.63, 3.8) is 0 Å². The fourth-order valence-corrected chi connectivity index (χ4v) is 2.53. The molecular formula is C16H27NO2Si. The Labute approximate surface area is 124 Å². The van der Waals surface area contributed by atoms with Crippen LogP contribution in [0.15, 0.2) is 29.3 Å². The van der Waals surface area contributed by atoms with E-state index in [0.717, 1.165) is 11.3 Å². The van der Waals surface area contributed by atoms with Crippen LogP contribution in [0.4, 0.5) is 0 Å². The Hall–Kier alpha value is -1.13. The van der Waals surface area contributed by atoms with Gasteiger partial charge in [0.1, 0.15) is 12.4 Å². The molecule has 0 amide bonds. The van der Waals surface area contributed by atoms with E-state index in [1.165, 1.54) is 0 Å². The fraction of sp³-hybridized carbons (Fsp3) is 0.562. The molecule has 0 aliphatic rings. The first kappa shape index (κ1) is 16.9. The van der Waals surface area contributed by atoms with E-state index in [1.54, 1.807) is 7.05 Å². The van der Waals surface area contributed by atoms with Gasteiger partial charge in [-0.3, -0.25) is 4.99 Å². The lowest BCUT2D eigenvalue weighted by molar-refractivity contribution is 0.203. The van der Waals surface area contributed by atoms with Crippen LogP contribution in [0.25, 0.3) is 0 Å². The van der Waals surface area contributed by atoms with Crippen molar-refractivity contribution in [1.29, 1.82) is 0 Å². The van der Waals surface area contributed by atoms with Gasteiger partial charge in [0.2, 0.25) is 0 Å². The van der Waals surface area contributed by atoms with Crippen LogP contribution in [0.2, 0.25) is 18.1 Å². The second-order valence-electron chi connectivity index (χ2n) is 6.42. The Bertz CT molecular complexity index is 450. The predicted octanol–water partition coefficient (Wildman–Crippen LogP) is 4.14. The normalized spacial score (nSPS) is 12.9. The maximum atomic E-state index is 6.08. The van der Waals surface area contributed by atoms with E-state index in [1.807, 2.05) is 30.5 Å². The van der Waals surface area contributed by atoms with E-state index in [-0.39, 0.29) is 5.04 Å². The van der Waals surface area contributed by atoms with Crippen LogP contribution < -0.4 is 4.74 Å². The first-order chi connectivity index (χ1) is 9.26. The molecule has 0 aliphatic heterocycles. The highest BCUT2D eigenvalue weighted by Crippen LogP contribution is 2.36. The zero-order valence-corrected chi connectivity index (χ0v) is 14.6. The lowest BCUT2D eigenvalue weighted by atomic mass is 10.2. The maximum absolute atomic E-state index is 6.08. The summed E-state index contributed by atoms with van der Waals surface area (Å²) in [4.78, 5) is 4.00. The van der Waals surface area contributed by atoms with Gasteiger partial charge < -0.3 is 9.16 Å². The molecule has 20 heavy (non-hydrogen) atoms. The Morgan fingerprint density at radius 3 is 2.50 bits per heavy atom. The van der Waals surface area contributed by atoms with Crippen LogP contribution >= 0.6 is 0 Å². The Morgan fingerprint density at radius 2 is 1.90 bits per heavy atom. The van der Waals surface area contributed by atoms with Gasteiger partial charge in [-0.05, 0) is 35.8 Å². The molecule has 0 saturated carbocycles. The molecule has 0 N–H and O–H groups in total. The van der Waals surface area contributed by atoms with Gasteiger partial charge in [0.25, 0.3) is 0 Å². The molecule has 0 fully saturated rings. The highest BCUT2D eigenvalue weighted by molar-refractivity contribution is 6.74. The molecule has 112 valence electrons. The molecule has 4 heteroatoms. The van der Waals surface area contributed by atoms with Gasteiger partial charge in [0, 0.05) is 13.3 Å². The summed E-state index contributed by atoms with van der Waals surface area (Å²) >= 11 is 0. The number of hydrogen-bond acceptors (Lipinski definition) is 3. The number of aliphatic imine (C=N–C) groups is 1. The molecule has 0 spiro atoms. The molecule has 0 heterocycles. The standard InChI is InChI=1S/C16H27NO2Si/c1-16(2,3)20(5,6)19-11-10-18-15-9-7-8-14(12-15)13-17-4/h7-9,12-13H,10-11H2,1-6H3/b17-13+. The van der Waals surface area contributed by atoms with E-state index in [0.29, 0.717) is 13.2 Å². The van der Waals surface area contributed by atoms with Crippen molar-refractivity contribution in [2.45, 2.75) is 38.9 Å². The monoisotopic (exact) mass is 293 g/mol. The smallest absolute Gasteiger partial charge is 0.192 e. The lowest BCUT2D eigenvalue weighted by Gasteiger charge is -2.36. The number of benzene rings is 1. The number of ether oxygens (including phenoxy) is 1. The average molecular weight is 293 g/mol. The SMILES string of the molecule is C/N=C/c1cccc(OCCO[Si](C)(C)C(C)(C)C)c1. The third-order valence-corrected chi connectivity index (χ3v) is 8.30. The van der Waals surface area contributed by atoms with E-state index in [2.05, 4.69) is 38.9 Å². The van der Waals surface area contributed by atoms with E-state index >= 15 is 0 Å². The third kappa shape index (κ3) is 5.10. The van der Waals surface area contributed by atoms with Crippen LogP contribution in [0.3, 0.4) is 0 Å². The van der Waals surface area contributed by atoms with Crippen LogP contribution in [-0.4, -0.2) is 34.8 Å². The highest BCUT2D eigenvalue weighted by atomic mass is 28.4. The van der Waals surface area contributed by atoms with Crippen molar-refractivity contribution in [2.24, 2.45) is 4.99 Å². The van der Waals surface area contributed by atoms with Gasteiger partial charge in [-0.25, -0.2) is 0 Å². The van der Waals surface area contributed by atoms with Crippen LogP contribution in [-0.2, 0) is 4.43 Å². The summed E-state index contributed by atoms with van der Waals surface area (Å²) in [5, 5.41) is 0.241. The molecule has 0 bridgehead atoms. The zero-order valence-electron chi connectivity index (χ0n) is 13.6. The Morgan fingerprint density at radius 1 is 1.20 bits per heavy atom. The lowest BCUT2D eigenvalue weighted by Crippen LogP contribution is -2.41. The summed E-state index contributed by atoms with van der Waals surface area (Å²) in [5.41, 5.74) is 1.05. The molecule has 1 rings (SSSR count). The molecular weight excluding hydrogens is 266 g/mol. The van der Waals surface area contributed by atoms with Crippen LogP contribution in [0, 0.1) is 0 Å². The first-order valence-electron chi connectivity index (χ1n) is 7.05. The second kappa shape index (κ2) is 7.04. The summed E-state index contributed by atoms with van der Waals surface area (Å²) < 4.78 is 11.8. The van der Waals surface area contributed by atoms with Gasteiger partial charge in [-0.1, -0.05) is 32.9 Å². The molecule has 3 nitrogen and oxygen atoms in total. The molecule has 1 aromatic carbocycles. The van der Waals surface area contributed by atoms with Crippen LogP contribution in [0.1, 0.15) is 26.3 Å². The second-order valence-corrected chi connectivity index (χ2v) is 11.2. The zero-order chi connectivity index (χ0) is 15.2. The molecule has 0 aromatic heterocycles. The Kier molecular flexibility index (Phi) is 5.96. The van der Waals surface area contributed by atoms with Crippen molar-refractivity contribution >= 4 is 14.5 Å². The van der Waals surface area contributed by atoms with Gasteiger partial charge in [0.15, 0.2) is 8.32 Å². The predicted molar refractivity (Wildman–Crippen MR) is 88.6 cm³/mol. The van der Waals surface area contributed by atoms with E-state index in [4.69, 9.17) is 9.16 Å². The molecule has 0 atom stereocenters. The first-order valence-corrected chi connectivity index (χ1v) is 9.96. The van der Waals surface area contributed by atoms with E-state index < -0.39 is 8.32 Å².